The fourth-order valence-electron chi connectivity index (χ4n) is 10.8. The molecule has 0 rings (SSSR count). The highest BCUT2D eigenvalue weighted by molar-refractivity contribution is 5.71. The van der Waals surface area contributed by atoms with Gasteiger partial charge in [0.15, 0.2) is 6.10 Å². The highest BCUT2D eigenvalue weighted by Crippen LogP contribution is 2.19. The van der Waals surface area contributed by atoms with Gasteiger partial charge in [-0.1, -0.05) is 348 Å². The molecule has 0 saturated carbocycles. The van der Waals surface area contributed by atoms with Gasteiger partial charge in [0.2, 0.25) is 0 Å². The molecular formula is C70H134O6. The van der Waals surface area contributed by atoms with Crippen molar-refractivity contribution in [1.82, 2.24) is 0 Å². The molecule has 0 heterocycles. The second-order valence-corrected chi connectivity index (χ2v) is 23.8. The highest BCUT2D eigenvalue weighted by atomic mass is 16.6. The Morgan fingerprint density at radius 1 is 0.250 bits per heavy atom. The molecule has 0 fully saturated rings. The zero-order valence-corrected chi connectivity index (χ0v) is 51.8. The first-order valence-electron chi connectivity index (χ1n) is 34.7. The van der Waals surface area contributed by atoms with Gasteiger partial charge in [-0.3, -0.25) is 14.4 Å². The predicted octanol–water partition coefficient (Wildman–Crippen LogP) is 23.6. The summed E-state index contributed by atoms with van der Waals surface area (Å²) in [6, 6.07) is 0. The minimum atomic E-state index is -0.768. The Kier molecular flexibility index (Phi) is 64.1. The molecule has 0 bridgehead atoms. The fourth-order valence-corrected chi connectivity index (χ4v) is 10.8. The van der Waals surface area contributed by atoms with E-state index in [1.165, 1.54) is 302 Å². The first kappa shape index (κ1) is 74.2. The van der Waals surface area contributed by atoms with Gasteiger partial charge >= 0.3 is 17.9 Å². The lowest BCUT2D eigenvalue weighted by atomic mass is 10.0. The number of rotatable bonds is 65. The van der Waals surface area contributed by atoms with Crippen molar-refractivity contribution in [3.63, 3.8) is 0 Å². The summed E-state index contributed by atoms with van der Waals surface area (Å²) >= 11 is 0. The molecule has 1 atom stereocenters. The number of carbonyl (C=O) groups excluding carboxylic acids is 3. The van der Waals surface area contributed by atoms with Crippen LogP contribution in [0.25, 0.3) is 0 Å². The summed E-state index contributed by atoms with van der Waals surface area (Å²) in [5.41, 5.74) is 0. The topological polar surface area (TPSA) is 78.9 Å². The van der Waals surface area contributed by atoms with Crippen LogP contribution in [0, 0.1) is 0 Å². The minimum absolute atomic E-state index is 0.0649. The van der Waals surface area contributed by atoms with E-state index in [1.807, 2.05) is 0 Å². The van der Waals surface area contributed by atoms with E-state index >= 15 is 0 Å². The molecule has 0 aromatic heterocycles. The summed E-state index contributed by atoms with van der Waals surface area (Å²) in [4.78, 5) is 38.4. The molecule has 6 nitrogen and oxygen atoms in total. The molecular weight excluding hydrogens is 937 g/mol. The second-order valence-electron chi connectivity index (χ2n) is 23.8. The first-order valence-corrected chi connectivity index (χ1v) is 34.7. The smallest absolute Gasteiger partial charge is 0.306 e. The van der Waals surface area contributed by atoms with Crippen molar-refractivity contribution in [2.45, 2.75) is 406 Å². The molecule has 0 N–H and O–H groups in total. The van der Waals surface area contributed by atoms with Crippen molar-refractivity contribution in [2.75, 3.05) is 13.2 Å². The molecule has 450 valence electrons. The first-order chi connectivity index (χ1) is 37.5. The van der Waals surface area contributed by atoms with Crippen molar-refractivity contribution in [3.05, 3.63) is 12.2 Å². The zero-order chi connectivity index (χ0) is 55.0. The molecule has 0 aromatic rings. The molecule has 0 aliphatic heterocycles. The van der Waals surface area contributed by atoms with Crippen LogP contribution < -0.4 is 0 Å². The van der Waals surface area contributed by atoms with Crippen LogP contribution in [0.1, 0.15) is 400 Å². The highest BCUT2D eigenvalue weighted by Gasteiger charge is 2.19. The van der Waals surface area contributed by atoms with Gasteiger partial charge in [-0.15, -0.1) is 0 Å². The fraction of sp³-hybridized carbons (Fsp3) is 0.929. The van der Waals surface area contributed by atoms with Gasteiger partial charge in [-0.25, -0.2) is 0 Å². The second kappa shape index (κ2) is 65.7. The quantitative estimate of drug-likeness (QED) is 0.0261. The maximum absolute atomic E-state index is 12.9. The summed E-state index contributed by atoms with van der Waals surface area (Å²) in [6.45, 7) is 6.72. The van der Waals surface area contributed by atoms with E-state index in [4.69, 9.17) is 14.2 Å². The van der Waals surface area contributed by atoms with E-state index in [1.54, 1.807) is 0 Å². The number of hydrogen-bond donors (Lipinski definition) is 0. The average molecular weight is 1070 g/mol. The monoisotopic (exact) mass is 1070 g/mol. The third-order valence-corrected chi connectivity index (χ3v) is 16.0. The van der Waals surface area contributed by atoms with Gasteiger partial charge in [-0.05, 0) is 44.9 Å². The molecule has 0 aliphatic rings. The summed E-state index contributed by atoms with van der Waals surface area (Å²) in [6.07, 6.45) is 78.1. The Labute approximate surface area is 475 Å². The Bertz CT molecular complexity index is 1180. The van der Waals surface area contributed by atoms with Crippen LogP contribution in [0.4, 0.5) is 0 Å². The average Bonchev–Trinajstić information content (AvgIpc) is 3.42. The van der Waals surface area contributed by atoms with Crippen LogP contribution in [0.15, 0.2) is 12.2 Å². The number of ether oxygens (including phenoxy) is 3. The van der Waals surface area contributed by atoms with Crippen LogP contribution in [0.5, 0.6) is 0 Å². The molecule has 0 amide bonds. The van der Waals surface area contributed by atoms with Crippen LogP contribution in [-0.2, 0) is 28.6 Å². The summed E-state index contributed by atoms with van der Waals surface area (Å²) in [5, 5.41) is 0. The van der Waals surface area contributed by atoms with E-state index in [-0.39, 0.29) is 31.1 Å². The van der Waals surface area contributed by atoms with E-state index in [2.05, 4.69) is 32.9 Å². The van der Waals surface area contributed by atoms with Crippen molar-refractivity contribution in [2.24, 2.45) is 0 Å². The molecule has 1 unspecified atom stereocenters. The summed E-state index contributed by atoms with van der Waals surface area (Å²) < 4.78 is 17.0. The summed E-state index contributed by atoms with van der Waals surface area (Å²) in [7, 11) is 0. The van der Waals surface area contributed by atoms with Crippen molar-refractivity contribution in [3.8, 4) is 0 Å². The van der Waals surface area contributed by atoms with E-state index in [0.717, 1.165) is 57.8 Å². The van der Waals surface area contributed by atoms with Crippen LogP contribution in [-0.4, -0.2) is 37.2 Å². The number of carbonyl (C=O) groups is 3. The maximum atomic E-state index is 12.9. The van der Waals surface area contributed by atoms with E-state index < -0.39 is 6.10 Å². The third kappa shape index (κ3) is 63.0. The Balaban J connectivity index is 4.23. The standard InChI is InChI=1S/C70H134O6/c1-4-7-10-13-16-19-22-25-28-30-32-33-34-35-36-37-38-40-42-45-48-51-54-57-60-63-69(72)75-66-67(65-74-68(71)62-59-56-53-50-47-44-41-27-24-21-18-15-12-9-6-3)76-70(73)64-61-58-55-52-49-46-43-39-31-29-26-23-20-17-14-11-8-5-2/h29,31,67H,4-28,30,32-66H2,1-3H3/b31-29-. The number of unbranched alkanes of at least 4 members (excludes halogenated alkanes) is 52. The lowest BCUT2D eigenvalue weighted by Crippen LogP contribution is -2.30. The van der Waals surface area contributed by atoms with Crippen molar-refractivity contribution >= 4 is 17.9 Å². The van der Waals surface area contributed by atoms with Gasteiger partial charge in [-0.2, -0.15) is 0 Å². The van der Waals surface area contributed by atoms with Crippen LogP contribution >= 0.6 is 0 Å². The summed E-state index contributed by atoms with van der Waals surface area (Å²) in [5.74, 6) is -0.834. The van der Waals surface area contributed by atoms with E-state index in [9.17, 15) is 14.4 Å². The molecule has 76 heavy (non-hydrogen) atoms. The molecule has 0 aliphatic carbocycles. The maximum Gasteiger partial charge on any atom is 0.306 e. The Morgan fingerprint density at radius 3 is 0.658 bits per heavy atom. The van der Waals surface area contributed by atoms with E-state index in [0.29, 0.717) is 19.3 Å². The van der Waals surface area contributed by atoms with Crippen molar-refractivity contribution in [1.29, 1.82) is 0 Å². The lowest BCUT2D eigenvalue weighted by Gasteiger charge is -2.18. The van der Waals surface area contributed by atoms with Gasteiger partial charge in [0.25, 0.3) is 0 Å². The van der Waals surface area contributed by atoms with Crippen LogP contribution in [0.2, 0.25) is 0 Å². The molecule has 0 aromatic carbocycles. The van der Waals surface area contributed by atoms with Crippen LogP contribution in [0.3, 0.4) is 0 Å². The van der Waals surface area contributed by atoms with Gasteiger partial charge in [0.05, 0.1) is 0 Å². The molecule has 0 spiro atoms. The third-order valence-electron chi connectivity index (χ3n) is 16.0. The number of allylic oxidation sites excluding steroid dienone is 2. The number of hydrogen-bond acceptors (Lipinski definition) is 6. The largest absolute Gasteiger partial charge is 0.462 e. The Morgan fingerprint density at radius 2 is 0.434 bits per heavy atom. The predicted molar refractivity (Wildman–Crippen MR) is 330 cm³/mol. The Hall–Kier alpha value is -1.85. The molecule has 0 saturated heterocycles. The normalized spacial score (nSPS) is 12.0. The molecule has 6 heteroatoms. The van der Waals surface area contributed by atoms with Gasteiger partial charge < -0.3 is 14.2 Å². The molecule has 0 radical (unpaired) electrons. The van der Waals surface area contributed by atoms with Crippen molar-refractivity contribution < 1.29 is 28.6 Å². The number of esters is 3. The SMILES string of the molecule is CCCCCCCCC/C=C\CCCCCCCCCC(=O)OC(COC(=O)CCCCCCCCCCCCCCCCC)COC(=O)CCCCCCCCCCCCCCCCCCCCCCCCCCC. The zero-order valence-electron chi connectivity index (χ0n) is 51.8. The lowest BCUT2D eigenvalue weighted by molar-refractivity contribution is -0.167. The van der Waals surface area contributed by atoms with Gasteiger partial charge in [0.1, 0.15) is 13.2 Å². The van der Waals surface area contributed by atoms with Gasteiger partial charge in [0, 0.05) is 19.3 Å². The minimum Gasteiger partial charge on any atom is -0.462 e.